The zero-order valence-corrected chi connectivity index (χ0v) is 15.6. The first-order chi connectivity index (χ1) is 12.5. The van der Waals surface area contributed by atoms with Gasteiger partial charge in [-0.25, -0.2) is 0 Å². The van der Waals surface area contributed by atoms with E-state index in [0.717, 1.165) is 24.9 Å². The van der Waals surface area contributed by atoms with Crippen molar-refractivity contribution in [1.29, 1.82) is 0 Å². The van der Waals surface area contributed by atoms with Gasteiger partial charge in [-0.2, -0.15) is 0 Å². The zero-order chi connectivity index (χ0) is 18.9. The van der Waals surface area contributed by atoms with E-state index in [0.29, 0.717) is 23.8 Å². The van der Waals surface area contributed by atoms with Gasteiger partial charge in [0.05, 0.1) is 30.7 Å². The standard InChI is InChI=1S/C21H27NO4/c1-4-6-15(2)14-26-18-10-8-17(9-11-18)19(13-23)21(24)22-16(3)20-7-5-12-25-20/h5,7-13,15-16,23H,4,6,14H2,1-3H3,(H,22,24)/t15-,16+/m0/s1. The summed E-state index contributed by atoms with van der Waals surface area (Å²) in [6.07, 6.45) is 4.65. The molecule has 0 saturated carbocycles. The average molecular weight is 357 g/mol. The average Bonchev–Trinajstić information content (AvgIpc) is 3.17. The number of aliphatic hydroxyl groups is 1. The largest absolute Gasteiger partial charge is 0.515 e. The molecule has 0 radical (unpaired) electrons. The molecule has 0 bridgehead atoms. The lowest BCUT2D eigenvalue weighted by molar-refractivity contribution is -0.116. The normalized spacial score (nSPS) is 13.9. The molecule has 1 aromatic heterocycles. The maximum absolute atomic E-state index is 12.4. The molecule has 26 heavy (non-hydrogen) atoms. The molecule has 0 fully saturated rings. The Morgan fingerprint density at radius 2 is 2.00 bits per heavy atom. The molecule has 0 aliphatic heterocycles. The van der Waals surface area contributed by atoms with Crippen LogP contribution in [0.2, 0.25) is 0 Å². The number of hydrogen-bond donors (Lipinski definition) is 2. The molecule has 1 heterocycles. The summed E-state index contributed by atoms with van der Waals surface area (Å²) in [5, 5.41) is 12.3. The third-order valence-corrected chi connectivity index (χ3v) is 4.17. The van der Waals surface area contributed by atoms with Gasteiger partial charge in [-0.3, -0.25) is 4.79 Å². The lowest BCUT2D eigenvalue weighted by Crippen LogP contribution is -2.27. The van der Waals surface area contributed by atoms with Crippen LogP contribution in [0.5, 0.6) is 5.75 Å². The first kappa shape index (κ1) is 19.6. The van der Waals surface area contributed by atoms with Crippen molar-refractivity contribution in [1.82, 2.24) is 5.32 Å². The first-order valence-corrected chi connectivity index (χ1v) is 8.97. The van der Waals surface area contributed by atoms with Crippen LogP contribution in [-0.2, 0) is 4.79 Å². The Balaban J connectivity index is 1.97. The van der Waals surface area contributed by atoms with Gasteiger partial charge in [0, 0.05) is 0 Å². The molecular weight excluding hydrogens is 330 g/mol. The minimum absolute atomic E-state index is 0.189. The Morgan fingerprint density at radius 1 is 1.27 bits per heavy atom. The summed E-state index contributed by atoms with van der Waals surface area (Å²) in [5.41, 5.74) is 0.805. The van der Waals surface area contributed by atoms with Crippen LogP contribution < -0.4 is 10.1 Å². The van der Waals surface area contributed by atoms with Gasteiger partial charge in [0.25, 0.3) is 5.91 Å². The summed E-state index contributed by atoms with van der Waals surface area (Å²) in [4.78, 5) is 12.4. The maximum atomic E-state index is 12.4. The number of carbonyl (C=O) groups excluding carboxylic acids is 1. The minimum atomic E-state index is -0.373. The molecule has 1 amide bonds. The van der Waals surface area contributed by atoms with Crippen molar-refractivity contribution < 1.29 is 19.1 Å². The van der Waals surface area contributed by atoms with Gasteiger partial charge in [0.1, 0.15) is 11.5 Å². The first-order valence-electron chi connectivity index (χ1n) is 8.97. The molecule has 2 rings (SSSR count). The molecule has 1 aromatic carbocycles. The van der Waals surface area contributed by atoms with Gasteiger partial charge in [-0.05, 0) is 49.1 Å². The van der Waals surface area contributed by atoms with Crippen molar-refractivity contribution in [2.45, 2.75) is 39.7 Å². The Hall–Kier alpha value is -2.69. The molecule has 2 aromatic rings. The third kappa shape index (κ3) is 5.41. The Morgan fingerprint density at radius 3 is 2.58 bits per heavy atom. The van der Waals surface area contributed by atoms with Crippen LogP contribution in [0.4, 0.5) is 0 Å². The SMILES string of the molecule is CCC[C@H](C)COc1ccc(C(=CO)C(=O)N[C@H](C)c2ccco2)cc1. The summed E-state index contributed by atoms with van der Waals surface area (Å²) >= 11 is 0. The summed E-state index contributed by atoms with van der Waals surface area (Å²) in [7, 11) is 0. The highest BCUT2D eigenvalue weighted by Crippen LogP contribution is 2.21. The number of aliphatic hydroxyl groups excluding tert-OH is 1. The van der Waals surface area contributed by atoms with Crippen LogP contribution >= 0.6 is 0 Å². The number of benzene rings is 1. The van der Waals surface area contributed by atoms with E-state index in [1.54, 1.807) is 42.7 Å². The molecule has 5 heteroatoms. The third-order valence-electron chi connectivity index (χ3n) is 4.17. The number of nitrogens with one attached hydrogen (secondary N) is 1. The summed E-state index contributed by atoms with van der Waals surface area (Å²) in [5.74, 6) is 1.53. The van der Waals surface area contributed by atoms with E-state index in [1.165, 1.54) is 0 Å². The van der Waals surface area contributed by atoms with Crippen LogP contribution in [-0.4, -0.2) is 17.6 Å². The lowest BCUT2D eigenvalue weighted by atomic mass is 10.1. The van der Waals surface area contributed by atoms with Gasteiger partial charge in [0.2, 0.25) is 0 Å². The monoisotopic (exact) mass is 357 g/mol. The van der Waals surface area contributed by atoms with E-state index in [1.807, 2.05) is 6.92 Å². The smallest absolute Gasteiger partial charge is 0.255 e. The molecule has 5 nitrogen and oxygen atoms in total. The quantitative estimate of drug-likeness (QED) is 0.496. The second-order valence-corrected chi connectivity index (χ2v) is 6.48. The van der Waals surface area contributed by atoms with Crippen molar-refractivity contribution in [3.05, 3.63) is 60.2 Å². The second kappa shape index (κ2) is 9.70. The van der Waals surface area contributed by atoms with Crippen molar-refractivity contribution in [2.75, 3.05) is 6.61 Å². The summed E-state index contributed by atoms with van der Waals surface area (Å²) in [6, 6.07) is 10.4. The highest BCUT2D eigenvalue weighted by atomic mass is 16.5. The summed E-state index contributed by atoms with van der Waals surface area (Å²) in [6.45, 7) is 6.80. The maximum Gasteiger partial charge on any atom is 0.255 e. The van der Waals surface area contributed by atoms with E-state index in [4.69, 9.17) is 9.15 Å². The van der Waals surface area contributed by atoms with Crippen LogP contribution in [0, 0.1) is 5.92 Å². The van der Waals surface area contributed by atoms with Crippen molar-refractivity contribution in [3.63, 3.8) is 0 Å². The molecule has 0 unspecified atom stereocenters. The molecule has 140 valence electrons. The number of ether oxygens (including phenoxy) is 1. The zero-order valence-electron chi connectivity index (χ0n) is 15.6. The number of amides is 1. The number of carbonyl (C=O) groups is 1. The number of hydrogen-bond acceptors (Lipinski definition) is 4. The molecular formula is C21H27NO4. The number of furan rings is 1. The summed E-state index contributed by atoms with van der Waals surface area (Å²) < 4.78 is 11.0. The van der Waals surface area contributed by atoms with Crippen molar-refractivity contribution >= 4 is 11.5 Å². The molecule has 0 aliphatic rings. The van der Waals surface area contributed by atoms with Gasteiger partial charge in [-0.1, -0.05) is 32.4 Å². The predicted octanol–water partition coefficient (Wildman–Crippen LogP) is 4.87. The highest BCUT2D eigenvalue weighted by Gasteiger charge is 2.17. The van der Waals surface area contributed by atoms with Crippen LogP contribution in [0.3, 0.4) is 0 Å². The van der Waals surface area contributed by atoms with E-state index >= 15 is 0 Å². The Labute approximate surface area is 154 Å². The van der Waals surface area contributed by atoms with Crippen LogP contribution in [0.1, 0.15) is 51.0 Å². The van der Waals surface area contributed by atoms with Crippen molar-refractivity contribution in [3.8, 4) is 5.75 Å². The topological polar surface area (TPSA) is 71.7 Å². The highest BCUT2D eigenvalue weighted by molar-refractivity contribution is 6.19. The van der Waals surface area contributed by atoms with Crippen LogP contribution in [0.15, 0.2) is 53.3 Å². The Bertz CT molecular complexity index is 704. The fraction of sp³-hybridized carbons (Fsp3) is 0.381. The molecule has 0 saturated heterocycles. The van der Waals surface area contributed by atoms with Crippen molar-refractivity contribution in [2.24, 2.45) is 5.92 Å². The van der Waals surface area contributed by atoms with E-state index in [2.05, 4.69) is 19.2 Å². The van der Waals surface area contributed by atoms with E-state index in [9.17, 15) is 9.90 Å². The Kier molecular flexibility index (Phi) is 7.33. The van der Waals surface area contributed by atoms with Crippen LogP contribution in [0.25, 0.3) is 5.57 Å². The van der Waals surface area contributed by atoms with Gasteiger partial charge in [-0.15, -0.1) is 0 Å². The van der Waals surface area contributed by atoms with Gasteiger partial charge in [0.15, 0.2) is 0 Å². The fourth-order valence-corrected chi connectivity index (χ4v) is 2.69. The van der Waals surface area contributed by atoms with E-state index in [-0.39, 0.29) is 17.5 Å². The fourth-order valence-electron chi connectivity index (χ4n) is 2.69. The second-order valence-electron chi connectivity index (χ2n) is 6.48. The minimum Gasteiger partial charge on any atom is -0.515 e. The number of rotatable bonds is 9. The molecule has 0 aliphatic carbocycles. The molecule has 2 N–H and O–H groups in total. The van der Waals surface area contributed by atoms with Gasteiger partial charge < -0.3 is 19.6 Å². The lowest BCUT2D eigenvalue weighted by Gasteiger charge is -2.14. The molecule has 2 atom stereocenters. The van der Waals surface area contributed by atoms with Gasteiger partial charge >= 0.3 is 0 Å². The van der Waals surface area contributed by atoms with E-state index < -0.39 is 0 Å². The molecule has 0 spiro atoms. The predicted molar refractivity (Wildman–Crippen MR) is 102 cm³/mol.